The lowest BCUT2D eigenvalue weighted by molar-refractivity contribution is 0.305. The first-order chi connectivity index (χ1) is 15.7. The third-order valence-electron chi connectivity index (χ3n) is 5.20. The van der Waals surface area contributed by atoms with E-state index in [2.05, 4.69) is 11.1 Å². The van der Waals surface area contributed by atoms with Crippen molar-refractivity contribution in [3.8, 4) is 34.1 Å². The van der Waals surface area contributed by atoms with Crippen molar-refractivity contribution in [3.05, 3.63) is 108 Å². The van der Waals surface area contributed by atoms with Crippen LogP contribution >= 0.6 is 0 Å². The van der Waals surface area contributed by atoms with Gasteiger partial charge < -0.3 is 9.15 Å². The van der Waals surface area contributed by atoms with Gasteiger partial charge in [-0.15, -0.1) is 0 Å². The SMILES string of the molecule is N#Cc1cc(-c2ccoc2)c2ccc(COc3cc(F)cc(-c4ccccc4)c3)cc2n1. The molecule has 0 fully saturated rings. The van der Waals surface area contributed by atoms with E-state index in [9.17, 15) is 9.65 Å². The Morgan fingerprint density at radius 2 is 1.78 bits per heavy atom. The Labute approximate surface area is 184 Å². The average molecular weight is 420 g/mol. The highest BCUT2D eigenvalue weighted by Crippen LogP contribution is 2.30. The van der Waals surface area contributed by atoms with Gasteiger partial charge in [-0.05, 0) is 52.6 Å². The van der Waals surface area contributed by atoms with Gasteiger partial charge in [-0.2, -0.15) is 5.26 Å². The Kier molecular flexibility index (Phi) is 5.11. The highest BCUT2D eigenvalue weighted by molar-refractivity contribution is 5.95. The first-order valence-electron chi connectivity index (χ1n) is 10.0. The summed E-state index contributed by atoms with van der Waals surface area (Å²) in [7, 11) is 0. The lowest BCUT2D eigenvalue weighted by Gasteiger charge is -2.11. The Morgan fingerprint density at radius 3 is 2.56 bits per heavy atom. The monoisotopic (exact) mass is 420 g/mol. The van der Waals surface area contributed by atoms with Crippen LogP contribution in [-0.4, -0.2) is 4.98 Å². The van der Waals surface area contributed by atoms with Crippen molar-refractivity contribution in [1.82, 2.24) is 4.98 Å². The summed E-state index contributed by atoms with van der Waals surface area (Å²) < 4.78 is 25.3. The zero-order chi connectivity index (χ0) is 21.9. The van der Waals surface area contributed by atoms with Crippen molar-refractivity contribution in [3.63, 3.8) is 0 Å². The third-order valence-corrected chi connectivity index (χ3v) is 5.20. The van der Waals surface area contributed by atoms with Gasteiger partial charge >= 0.3 is 0 Å². The van der Waals surface area contributed by atoms with Gasteiger partial charge in [0.25, 0.3) is 0 Å². The maximum atomic E-state index is 14.2. The fourth-order valence-electron chi connectivity index (χ4n) is 3.69. The van der Waals surface area contributed by atoms with Gasteiger partial charge in [0, 0.05) is 17.0 Å². The third kappa shape index (κ3) is 3.94. The number of halogens is 1. The second-order valence-corrected chi connectivity index (χ2v) is 7.36. The van der Waals surface area contributed by atoms with Crippen LogP contribution in [-0.2, 0) is 6.61 Å². The van der Waals surface area contributed by atoms with Crippen LogP contribution in [0.1, 0.15) is 11.3 Å². The van der Waals surface area contributed by atoms with Crippen molar-refractivity contribution in [2.24, 2.45) is 0 Å². The average Bonchev–Trinajstić information content (AvgIpc) is 3.37. The zero-order valence-electron chi connectivity index (χ0n) is 17.0. The predicted octanol–water partition coefficient (Wildman–Crippen LogP) is 6.75. The minimum Gasteiger partial charge on any atom is -0.489 e. The second-order valence-electron chi connectivity index (χ2n) is 7.36. The molecule has 4 nitrogen and oxygen atoms in total. The molecule has 5 rings (SSSR count). The highest BCUT2D eigenvalue weighted by Gasteiger charge is 2.11. The Hall–Kier alpha value is -4.43. The molecule has 5 aromatic rings. The van der Waals surface area contributed by atoms with Crippen LogP contribution in [0.2, 0.25) is 0 Å². The molecule has 0 aliphatic rings. The van der Waals surface area contributed by atoms with E-state index in [1.807, 2.05) is 60.7 Å². The molecule has 32 heavy (non-hydrogen) atoms. The Morgan fingerprint density at radius 1 is 0.906 bits per heavy atom. The number of fused-ring (bicyclic) bond motifs is 1. The normalized spacial score (nSPS) is 10.8. The molecule has 2 aromatic heterocycles. The molecular formula is C27H17FN2O2. The number of furan rings is 1. The zero-order valence-corrected chi connectivity index (χ0v) is 17.0. The van der Waals surface area contributed by atoms with Gasteiger partial charge in [-0.1, -0.05) is 42.5 Å². The van der Waals surface area contributed by atoms with E-state index in [1.54, 1.807) is 18.6 Å². The predicted molar refractivity (Wildman–Crippen MR) is 120 cm³/mol. The van der Waals surface area contributed by atoms with Crippen LogP contribution in [0.4, 0.5) is 4.39 Å². The molecular weight excluding hydrogens is 403 g/mol. The van der Waals surface area contributed by atoms with Crippen LogP contribution in [0.5, 0.6) is 5.75 Å². The van der Waals surface area contributed by atoms with Gasteiger partial charge in [0.15, 0.2) is 0 Å². The lowest BCUT2D eigenvalue weighted by Crippen LogP contribution is -1.98. The quantitative estimate of drug-likeness (QED) is 0.315. The molecule has 3 aromatic carbocycles. The van der Waals surface area contributed by atoms with Crippen LogP contribution in [0.25, 0.3) is 33.2 Å². The summed E-state index contributed by atoms with van der Waals surface area (Å²) in [4.78, 5) is 4.44. The van der Waals surface area contributed by atoms with Crippen LogP contribution in [0, 0.1) is 17.1 Å². The van der Waals surface area contributed by atoms with Crippen molar-refractivity contribution >= 4 is 10.9 Å². The molecule has 0 atom stereocenters. The molecule has 0 saturated carbocycles. The van der Waals surface area contributed by atoms with Crippen LogP contribution < -0.4 is 4.74 Å². The number of ether oxygens (including phenoxy) is 1. The highest BCUT2D eigenvalue weighted by atomic mass is 19.1. The minimum atomic E-state index is -0.357. The van der Waals surface area contributed by atoms with E-state index in [-0.39, 0.29) is 12.4 Å². The number of pyridine rings is 1. The molecule has 0 N–H and O–H groups in total. The molecule has 0 aliphatic carbocycles. The molecule has 5 heteroatoms. The van der Waals surface area contributed by atoms with Gasteiger partial charge in [0.05, 0.1) is 18.0 Å². The summed E-state index contributed by atoms with van der Waals surface area (Å²) >= 11 is 0. The maximum absolute atomic E-state index is 14.2. The Bertz CT molecular complexity index is 1440. The van der Waals surface area contributed by atoms with Crippen molar-refractivity contribution < 1.29 is 13.5 Å². The van der Waals surface area contributed by atoms with E-state index in [0.717, 1.165) is 33.2 Å². The summed E-state index contributed by atoms with van der Waals surface area (Å²) in [6.45, 7) is 0.243. The molecule has 0 unspecified atom stereocenters. The van der Waals surface area contributed by atoms with Crippen molar-refractivity contribution in [1.29, 1.82) is 5.26 Å². The molecule has 2 heterocycles. The van der Waals surface area contributed by atoms with Crippen molar-refractivity contribution in [2.75, 3.05) is 0 Å². The second kappa shape index (κ2) is 8.37. The fourth-order valence-corrected chi connectivity index (χ4v) is 3.69. The van der Waals surface area contributed by atoms with Crippen LogP contribution in [0.15, 0.2) is 95.8 Å². The number of aromatic nitrogens is 1. The summed E-state index contributed by atoms with van der Waals surface area (Å²) in [5.41, 5.74) is 5.31. The summed E-state index contributed by atoms with van der Waals surface area (Å²) in [5.74, 6) is 0.0896. The summed E-state index contributed by atoms with van der Waals surface area (Å²) in [5, 5.41) is 10.3. The van der Waals surface area contributed by atoms with Gasteiger partial charge in [0.1, 0.15) is 29.9 Å². The number of rotatable bonds is 5. The van der Waals surface area contributed by atoms with Gasteiger partial charge in [-0.3, -0.25) is 0 Å². The molecule has 0 saturated heterocycles. The number of nitrogens with zero attached hydrogens (tertiary/aromatic N) is 2. The molecule has 0 radical (unpaired) electrons. The van der Waals surface area contributed by atoms with Gasteiger partial charge in [0.2, 0.25) is 0 Å². The molecule has 0 amide bonds. The molecule has 0 spiro atoms. The topological polar surface area (TPSA) is 59.0 Å². The van der Waals surface area contributed by atoms with E-state index in [1.165, 1.54) is 12.1 Å². The molecule has 0 bridgehead atoms. The molecule has 0 aliphatic heterocycles. The van der Waals surface area contributed by atoms with E-state index in [0.29, 0.717) is 17.0 Å². The maximum Gasteiger partial charge on any atom is 0.141 e. The van der Waals surface area contributed by atoms with Crippen molar-refractivity contribution in [2.45, 2.75) is 6.61 Å². The number of hydrogen-bond acceptors (Lipinski definition) is 4. The smallest absolute Gasteiger partial charge is 0.141 e. The van der Waals surface area contributed by atoms with E-state index < -0.39 is 0 Å². The van der Waals surface area contributed by atoms with E-state index >= 15 is 0 Å². The first-order valence-corrected chi connectivity index (χ1v) is 10.0. The lowest BCUT2D eigenvalue weighted by atomic mass is 10.0. The minimum absolute atomic E-state index is 0.243. The van der Waals surface area contributed by atoms with Gasteiger partial charge in [-0.25, -0.2) is 9.37 Å². The van der Waals surface area contributed by atoms with E-state index in [4.69, 9.17) is 9.15 Å². The van der Waals surface area contributed by atoms with Crippen LogP contribution in [0.3, 0.4) is 0 Å². The number of nitriles is 1. The number of benzene rings is 3. The fraction of sp³-hybridized carbons (Fsp3) is 0.0370. The number of hydrogen-bond donors (Lipinski definition) is 0. The summed E-state index contributed by atoms with van der Waals surface area (Å²) in [6, 6.07) is 25.8. The molecule has 154 valence electrons. The standard InChI is InChI=1S/C27H17FN2O2/c28-22-11-21(19-4-2-1-3-5-19)12-24(13-22)32-16-18-6-7-25-26(20-8-9-31-17-20)14-23(15-29)30-27(25)10-18/h1-14,17H,16H2. The largest absolute Gasteiger partial charge is 0.489 e. The Balaban J connectivity index is 1.44. The first kappa shape index (κ1) is 19.5. The summed E-state index contributed by atoms with van der Waals surface area (Å²) in [6.07, 6.45) is 3.24.